The van der Waals surface area contributed by atoms with Gasteiger partial charge in [-0.05, 0) is 31.9 Å². The first-order valence-corrected chi connectivity index (χ1v) is 5.56. The Morgan fingerprint density at radius 3 is 2.62 bits per heavy atom. The molecule has 0 spiro atoms. The zero-order valence-corrected chi connectivity index (χ0v) is 10.0. The molecule has 0 amide bonds. The van der Waals surface area contributed by atoms with Crippen molar-refractivity contribution >= 4 is 5.71 Å². The second-order valence-electron chi connectivity index (χ2n) is 5.14. The maximum Gasteiger partial charge on any atom is 0.129 e. The van der Waals surface area contributed by atoms with Crippen molar-refractivity contribution in [3.8, 4) is 0 Å². The molecule has 1 atom stereocenters. The summed E-state index contributed by atoms with van der Waals surface area (Å²) in [6.45, 7) is 5.93. The smallest absolute Gasteiger partial charge is 0.129 e. The van der Waals surface area contributed by atoms with Gasteiger partial charge in [-0.3, -0.25) is 0 Å². The Kier molecular flexibility index (Phi) is 2.72. The molecule has 0 bridgehead atoms. The first-order valence-electron chi connectivity index (χ1n) is 5.56. The molecule has 0 radical (unpaired) electrons. The van der Waals surface area contributed by atoms with E-state index in [0.717, 1.165) is 12.1 Å². The van der Waals surface area contributed by atoms with Gasteiger partial charge in [0.15, 0.2) is 0 Å². The van der Waals surface area contributed by atoms with Gasteiger partial charge in [0.25, 0.3) is 0 Å². The molecule has 86 valence electrons. The van der Waals surface area contributed by atoms with Crippen LogP contribution in [0.2, 0.25) is 0 Å². The summed E-state index contributed by atoms with van der Waals surface area (Å²) in [4.78, 5) is 5.42. The van der Waals surface area contributed by atoms with Crippen LogP contribution in [0.15, 0.2) is 29.4 Å². The van der Waals surface area contributed by atoms with E-state index < -0.39 is 0 Å². The average molecular weight is 218 g/mol. The Bertz CT molecular complexity index is 418. The van der Waals surface area contributed by atoms with Gasteiger partial charge < -0.3 is 10.6 Å². The summed E-state index contributed by atoms with van der Waals surface area (Å²) in [5.41, 5.74) is 9.18. The highest BCUT2D eigenvalue weighted by Crippen LogP contribution is 2.27. The first-order chi connectivity index (χ1) is 7.47. The van der Waals surface area contributed by atoms with Crippen molar-refractivity contribution in [3.63, 3.8) is 0 Å². The van der Waals surface area contributed by atoms with Gasteiger partial charge in [0.1, 0.15) is 5.60 Å². The van der Waals surface area contributed by atoms with E-state index in [2.05, 4.69) is 17.3 Å². The van der Waals surface area contributed by atoms with Gasteiger partial charge in [-0.1, -0.05) is 29.4 Å². The third kappa shape index (κ3) is 2.25. The fourth-order valence-corrected chi connectivity index (χ4v) is 1.77. The normalized spacial score (nSPS) is 22.2. The summed E-state index contributed by atoms with van der Waals surface area (Å²) in [6, 6.07) is 8.07. The number of hydrogen-bond donors (Lipinski definition) is 1. The van der Waals surface area contributed by atoms with Crippen LogP contribution in [0, 0.1) is 0 Å². The van der Waals surface area contributed by atoms with Crippen molar-refractivity contribution in [2.75, 3.05) is 0 Å². The topological polar surface area (TPSA) is 47.6 Å². The molecule has 1 aliphatic rings. The minimum Gasteiger partial charge on any atom is -0.390 e. The van der Waals surface area contributed by atoms with E-state index in [0.29, 0.717) is 0 Å². The largest absolute Gasteiger partial charge is 0.390 e. The van der Waals surface area contributed by atoms with Crippen LogP contribution < -0.4 is 5.73 Å². The van der Waals surface area contributed by atoms with Crippen LogP contribution in [0.4, 0.5) is 0 Å². The molecule has 0 aliphatic heterocycles. The molecule has 0 saturated carbocycles. The van der Waals surface area contributed by atoms with E-state index in [4.69, 9.17) is 10.6 Å². The SMILES string of the molecule is CC(C)(C)ON=C1Cc2ccccc2C1N. The van der Waals surface area contributed by atoms with Crippen LogP contribution in [0.5, 0.6) is 0 Å². The maximum atomic E-state index is 6.11. The molecule has 1 aromatic carbocycles. The zero-order valence-electron chi connectivity index (χ0n) is 10.0. The summed E-state index contributed by atoms with van der Waals surface area (Å²) in [5, 5.41) is 4.18. The van der Waals surface area contributed by atoms with Crippen molar-refractivity contribution < 1.29 is 4.84 Å². The highest BCUT2D eigenvalue weighted by Gasteiger charge is 2.26. The Labute approximate surface area is 96.3 Å². The molecule has 1 aliphatic carbocycles. The molecule has 1 unspecified atom stereocenters. The lowest BCUT2D eigenvalue weighted by atomic mass is 10.1. The van der Waals surface area contributed by atoms with Crippen molar-refractivity contribution in [1.82, 2.24) is 0 Å². The molecule has 1 aromatic rings. The fourth-order valence-electron chi connectivity index (χ4n) is 1.77. The van der Waals surface area contributed by atoms with Gasteiger partial charge >= 0.3 is 0 Å². The zero-order chi connectivity index (χ0) is 11.8. The first kappa shape index (κ1) is 11.1. The number of rotatable bonds is 1. The van der Waals surface area contributed by atoms with E-state index in [1.165, 1.54) is 11.1 Å². The predicted octanol–water partition coefficient (Wildman–Crippen LogP) is 2.41. The summed E-state index contributed by atoms with van der Waals surface area (Å²) >= 11 is 0. The summed E-state index contributed by atoms with van der Waals surface area (Å²) in [5.74, 6) is 0. The van der Waals surface area contributed by atoms with Crippen LogP contribution in [0.3, 0.4) is 0 Å². The molecule has 0 aromatic heterocycles. The lowest BCUT2D eigenvalue weighted by Gasteiger charge is -2.16. The average Bonchev–Trinajstić information content (AvgIpc) is 2.53. The van der Waals surface area contributed by atoms with Crippen molar-refractivity contribution in [1.29, 1.82) is 0 Å². The third-order valence-electron chi connectivity index (χ3n) is 2.56. The minimum atomic E-state index is -0.262. The van der Waals surface area contributed by atoms with Gasteiger partial charge in [-0.25, -0.2) is 0 Å². The van der Waals surface area contributed by atoms with Gasteiger partial charge in [0.05, 0.1) is 11.8 Å². The van der Waals surface area contributed by atoms with Gasteiger partial charge in [-0.2, -0.15) is 0 Å². The summed E-state index contributed by atoms with van der Waals surface area (Å²) in [6.07, 6.45) is 0.799. The van der Waals surface area contributed by atoms with Crippen LogP contribution in [0.25, 0.3) is 0 Å². The Balaban J connectivity index is 2.19. The summed E-state index contributed by atoms with van der Waals surface area (Å²) < 4.78 is 0. The quantitative estimate of drug-likeness (QED) is 0.736. The molecule has 0 heterocycles. The highest BCUT2D eigenvalue weighted by atomic mass is 16.6. The molecule has 3 nitrogen and oxygen atoms in total. The number of benzene rings is 1. The monoisotopic (exact) mass is 218 g/mol. The van der Waals surface area contributed by atoms with E-state index in [1.54, 1.807) is 0 Å². The number of hydrogen-bond acceptors (Lipinski definition) is 3. The minimum absolute atomic E-state index is 0.112. The number of oxime groups is 1. The lowest BCUT2D eigenvalue weighted by Crippen LogP contribution is -2.21. The second-order valence-corrected chi connectivity index (χ2v) is 5.14. The Morgan fingerprint density at radius 2 is 2.00 bits per heavy atom. The predicted molar refractivity (Wildman–Crippen MR) is 65.3 cm³/mol. The van der Waals surface area contributed by atoms with E-state index in [9.17, 15) is 0 Å². The van der Waals surface area contributed by atoms with E-state index >= 15 is 0 Å². The second kappa shape index (κ2) is 3.91. The molecular formula is C13H18N2O. The molecule has 2 N–H and O–H groups in total. The van der Waals surface area contributed by atoms with E-state index in [1.807, 2.05) is 32.9 Å². The number of nitrogens with zero attached hydrogens (tertiary/aromatic N) is 1. The number of fused-ring (bicyclic) bond motifs is 1. The Morgan fingerprint density at radius 1 is 1.31 bits per heavy atom. The molecule has 3 heteroatoms. The fraction of sp³-hybridized carbons (Fsp3) is 0.462. The highest BCUT2D eigenvalue weighted by molar-refractivity contribution is 5.96. The van der Waals surface area contributed by atoms with Gasteiger partial charge in [0.2, 0.25) is 0 Å². The van der Waals surface area contributed by atoms with Crippen LogP contribution in [-0.4, -0.2) is 11.3 Å². The van der Waals surface area contributed by atoms with Crippen molar-refractivity contribution in [2.24, 2.45) is 10.9 Å². The maximum absolute atomic E-state index is 6.11. The summed E-state index contributed by atoms with van der Waals surface area (Å²) in [7, 11) is 0. The molecule has 0 saturated heterocycles. The third-order valence-corrected chi connectivity index (χ3v) is 2.56. The van der Waals surface area contributed by atoms with E-state index in [-0.39, 0.29) is 11.6 Å². The molecule has 16 heavy (non-hydrogen) atoms. The van der Waals surface area contributed by atoms with Crippen molar-refractivity contribution in [2.45, 2.75) is 38.8 Å². The molecular weight excluding hydrogens is 200 g/mol. The van der Waals surface area contributed by atoms with Gasteiger partial charge in [-0.15, -0.1) is 0 Å². The lowest BCUT2D eigenvalue weighted by molar-refractivity contribution is 0.000220. The van der Waals surface area contributed by atoms with Crippen LogP contribution >= 0.6 is 0 Å². The Hall–Kier alpha value is -1.35. The standard InChI is InChI=1S/C13H18N2O/c1-13(2,3)16-15-11-8-9-6-4-5-7-10(9)12(11)14/h4-7,12H,8,14H2,1-3H3. The number of nitrogens with two attached hydrogens (primary N) is 1. The van der Waals surface area contributed by atoms with Crippen LogP contribution in [0.1, 0.15) is 37.9 Å². The van der Waals surface area contributed by atoms with Crippen LogP contribution in [-0.2, 0) is 11.3 Å². The molecule has 2 rings (SSSR count). The van der Waals surface area contributed by atoms with Crippen molar-refractivity contribution in [3.05, 3.63) is 35.4 Å². The van der Waals surface area contributed by atoms with Gasteiger partial charge in [0, 0.05) is 6.42 Å². The molecule has 0 fully saturated rings.